The van der Waals surface area contributed by atoms with E-state index in [4.69, 9.17) is 9.15 Å². The van der Waals surface area contributed by atoms with E-state index in [1.165, 1.54) is 30.5 Å². The molecule has 1 aromatic carbocycles. The number of rotatable bonds is 6. The molecule has 0 saturated heterocycles. The van der Waals surface area contributed by atoms with E-state index in [-0.39, 0.29) is 24.2 Å². The molecule has 0 bridgehead atoms. The third-order valence-electron chi connectivity index (χ3n) is 2.76. The van der Waals surface area contributed by atoms with Crippen LogP contribution in [0.3, 0.4) is 0 Å². The van der Waals surface area contributed by atoms with Crippen LogP contribution in [0.5, 0.6) is 5.75 Å². The highest BCUT2D eigenvalue weighted by molar-refractivity contribution is 5.77. The molecule has 2 aromatic rings. The van der Waals surface area contributed by atoms with Gasteiger partial charge in [0.05, 0.1) is 17.2 Å². The average Bonchev–Trinajstić information content (AvgIpc) is 3.00. The molecule has 0 radical (unpaired) electrons. The molecule has 0 aliphatic carbocycles. The minimum atomic E-state index is -0.498. The van der Waals surface area contributed by atoms with Gasteiger partial charge in [0.1, 0.15) is 11.5 Å². The summed E-state index contributed by atoms with van der Waals surface area (Å²) in [5.74, 6) is 0.734. The Kier molecular flexibility index (Phi) is 4.55. The molecule has 1 N–H and O–H groups in total. The van der Waals surface area contributed by atoms with E-state index < -0.39 is 4.92 Å². The second-order valence-corrected chi connectivity index (χ2v) is 4.34. The molecule has 0 aliphatic heterocycles. The number of furan rings is 1. The molecular formula is C14H14N2O5. The summed E-state index contributed by atoms with van der Waals surface area (Å²) in [5, 5.41) is 13.2. The van der Waals surface area contributed by atoms with Crippen molar-refractivity contribution in [1.29, 1.82) is 0 Å². The number of ether oxygens (including phenoxy) is 1. The molecule has 1 heterocycles. The Balaban J connectivity index is 1.82. The summed E-state index contributed by atoms with van der Waals surface area (Å²) in [6.07, 6.45) is 1.53. The number of benzene rings is 1. The number of nitrogens with zero attached hydrogens (tertiary/aromatic N) is 1. The minimum Gasteiger partial charge on any atom is -0.484 e. The van der Waals surface area contributed by atoms with E-state index in [2.05, 4.69) is 5.32 Å². The Morgan fingerprint density at radius 1 is 1.38 bits per heavy atom. The van der Waals surface area contributed by atoms with Gasteiger partial charge in [0, 0.05) is 12.1 Å². The number of nitrogens with one attached hydrogen (secondary N) is 1. The summed E-state index contributed by atoms with van der Waals surface area (Å²) in [7, 11) is 0. The van der Waals surface area contributed by atoms with Crippen LogP contribution in [0.4, 0.5) is 5.69 Å². The van der Waals surface area contributed by atoms with Crippen molar-refractivity contribution < 1.29 is 18.9 Å². The van der Waals surface area contributed by atoms with Crippen molar-refractivity contribution in [1.82, 2.24) is 5.32 Å². The maximum absolute atomic E-state index is 11.7. The van der Waals surface area contributed by atoms with Gasteiger partial charge in [-0.1, -0.05) is 0 Å². The van der Waals surface area contributed by atoms with E-state index in [0.717, 1.165) is 0 Å². The zero-order valence-corrected chi connectivity index (χ0v) is 11.3. The van der Waals surface area contributed by atoms with Crippen LogP contribution in [0.15, 0.2) is 47.1 Å². The molecule has 0 aliphatic rings. The molecular weight excluding hydrogens is 276 g/mol. The Hall–Kier alpha value is -2.83. The first-order valence-electron chi connectivity index (χ1n) is 6.26. The zero-order valence-electron chi connectivity index (χ0n) is 11.3. The van der Waals surface area contributed by atoms with Gasteiger partial charge in [-0.2, -0.15) is 0 Å². The second kappa shape index (κ2) is 6.56. The highest BCUT2D eigenvalue weighted by atomic mass is 16.6. The normalized spacial score (nSPS) is 11.7. The number of nitro benzene ring substituents is 1. The first kappa shape index (κ1) is 14.6. The van der Waals surface area contributed by atoms with Gasteiger partial charge >= 0.3 is 0 Å². The summed E-state index contributed by atoms with van der Waals surface area (Å²) in [6.45, 7) is 1.62. The van der Waals surface area contributed by atoms with Crippen LogP contribution < -0.4 is 10.1 Å². The molecule has 1 unspecified atom stereocenters. The molecule has 21 heavy (non-hydrogen) atoms. The Labute approximate surface area is 120 Å². The lowest BCUT2D eigenvalue weighted by Gasteiger charge is -2.12. The quantitative estimate of drug-likeness (QED) is 0.651. The Morgan fingerprint density at radius 3 is 2.67 bits per heavy atom. The first-order valence-corrected chi connectivity index (χ1v) is 6.26. The van der Waals surface area contributed by atoms with E-state index >= 15 is 0 Å². The van der Waals surface area contributed by atoms with Crippen molar-refractivity contribution in [2.24, 2.45) is 0 Å². The van der Waals surface area contributed by atoms with Gasteiger partial charge in [-0.3, -0.25) is 14.9 Å². The fraction of sp³-hybridized carbons (Fsp3) is 0.214. The van der Waals surface area contributed by atoms with Crippen molar-refractivity contribution >= 4 is 11.6 Å². The standard InChI is InChI=1S/C14H14N2O5/c1-10(13-3-2-8-20-13)15-14(17)9-21-12-6-4-11(5-7-12)16(18)19/h2-8,10H,9H2,1H3,(H,15,17). The number of nitro groups is 1. The summed E-state index contributed by atoms with van der Waals surface area (Å²) < 4.78 is 10.4. The van der Waals surface area contributed by atoms with Gasteiger partial charge in [0.2, 0.25) is 0 Å². The lowest BCUT2D eigenvalue weighted by Crippen LogP contribution is -2.31. The number of carbonyl (C=O) groups is 1. The molecule has 110 valence electrons. The fourth-order valence-corrected chi connectivity index (χ4v) is 1.70. The van der Waals surface area contributed by atoms with Crippen LogP contribution in [-0.4, -0.2) is 17.4 Å². The molecule has 0 fully saturated rings. The molecule has 7 heteroatoms. The zero-order chi connectivity index (χ0) is 15.2. The highest BCUT2D eigenvalue weighted by Crippen LogP contribution is 2.17. The predicted molar refractivity (Wildman–Crippen MR) is 73.9 cm³/mol. The largest absolute Gasteiger partial charge is 0.484 e. The first-order chi connectivity index (χ1) is 10.1. The van der Waals surface area contributed by atoms with Gasteiger partial charge in [0.25, 0.3) is 11.6 Å². The van der Waals surface area contributed by atoms with Crippen LogP contribution in [0.2, 0.25) is 0 Å². The van der Waals surface area contributed by atoms with Crippen molar-refractivity contribution in [3.8, 4) is 5.75 Å². The number of non-ortho nitro benzene ring substituents is 1. The van der Waals surface area contributed by atoms with Crippen molar-refractivity contribution in [2.45, 2.75) is 13.0 Å². The van der Waals surface area contributed by atoms with E-state index in [0.29, 0.717) is 11.5 Å². The topological polar surface area (TPSA) is 94.6 Å². The number of hydrogen-bond acceptors (Lipinski definition) is 5. The summed E-state index contributed by atoms with van der Waals surface area (Å²) in [6, 6.07) is 8.78. The molecule has 0 saturated carbocycles. The number of hydrogen-bond donors (Lipinski definition) is 1. The third-order valence-corrected chi connectivity index (χ3v) is 2.76. The third kappa shape index (κ3) is 4.07. The van der Waals surface area contributed by atoms with Crippen molar-refractivity contribution in [2.75, 3.05) is 6.61 Å². The number of carbonyl (C=O) groups excluding carboxylic acids is 1. The lowest BCUT2D eigenvalue weighted by molar-refractivity contribution is -0.384. The summed E-state index contributed by atoms with van der Waals surface area (Å²) >= 11 is 0. The van der Waals surface area contributed by atoms with Crippen LogP contribution in [0, 0.1) is 10.1 Å². The highest BCUT2D eigenvalue weighted by Gasteiger charge is 2.12. The molecule has 1 aromatic heterocycles. The molecule has 0 spiro atoms. The van der Waals surface area contributed by atoms with E-state index in [1.807, 2.05) is 0 Å². The van der Waals surface area contributed by atoms with Gasteiger partial charge in [-0.25, -0.2) is 0 Å². The van der Waals surface area contributed by atoms with E-state index in [1.54, 1.807) is 19.1 Å². The monoisotopic (exact) mass is 290 g/mol. The van der Waals surface area contributed by atoms with Gasteiger partial charge < -0.3 is 14.5 Å². The Bertz CT molecular complexity index is 607. The minimum absolute atomic E-state index is 0.0294. The van der Waals surface area contributed by atoms with Crippen LogP contribution in [-0.2, 0) is 4.79 Å². The lowest BCUT2D eigenvalue weighted by atomic mass is 10.2. The number of amides is 1. The smallest absolute Gasteiger partial charge is 0.269 e. The van der Waals surface area contributed by atoms with E-state index in [9.17, 15) is 14.9 Å². The SMILES string of the molecule is CC(NC(=O)COc1ccc([N+](=O)[O-])cc1)c1ccco1. The van der Waals surface area contributed by atoms with Crippen LogP contribution in [0.1, 0.15) is 18.7 Å². The molecule has 1 atom stereocenters. The van der Waals surface area contributed by atoms with Crippen molar-refractivity contribution in [3.63, 3.8) is 0 Å². The molecule has 7 nitrogen and oxygen atoms in total. The summed E-state index contributed by atoms with van der Waals surface area (Å²) in [4.78, 5) is 21.7. The summed E-state index contributed by atoms with van der Waals surface area (Å²) in [5.41, 5.74) is -0.0294. The maximum Gasteiger partial charge on any atom is 0.269 e. The second-order valence-electron chi connectivity index (χ2n) is 4.34. The van der Waals surface area contributed by atoms with Crippen molar-refractivity contribution in [3.05, 3.63) is 58.5 Å². The van der Waals surface area contributed by atoms with Gasteiger partial charge in [-0.05, 0) is 31.2 Å². The van der Waals surface area contributed by atoms with Crippen LogP contribution >= 0.6 is 0 Å². The Morgan fingerprint density at radius 2 is 2.10 bits per heavy atom. The van der Waals surface area contributed by atoms with Gasteiger partial charge in [0.15, 0.2) is 6.61 Å². The van der Waals surface area contributed by atoms with Gasteiger partial charge in [-0.15, -0.1) is 0 Å². The molecule has 1 amide bonds. The average molecular weight is 290 g/mol. The predicted octanol–water partition coefficient (Wildman–Crippen LogP) is 2.44. The fourth-order valence-electron chi connectivity index (χ4n) is 1.70. The maximum atomic E-state index is 11.7. The molecule has 2 rings (SSSR count). The van der Waals surface area contributed by atoms with Crippen LogP contribution in [0.25, 0.3) is 0 Å².